The van der Waals surface area contributed by atoms with Crippen LogP contribution in [0, 0.1) is 6.92 Å². The first-order valence-corrected chi connectivity index (χ1v) is 26.2. The number of halogens is 1. The van der Waals surface area contributed by atoms with Crippen molar-refractivity contribution in [1.82, 2.24) is 16.1 Å². The van der Waals surface area contributed by atoms with Crippen LogP contribution < -0.4 is 25.6 Å². The van der Waals surface area contributed by atoms with Crippen LogP contribution >= 0.6 is 15.9 Å². The number of aliphatic carboxylic acids is 1. The summed E-state index contributed by atoms with van der Waals surface area (Å²) < 4.78 is 53.9. The Labute approximate surface area is 420 Å². The summed E-state index contributed by atoms with van der Waals surface area (Å²) in [6.45, 7) is 13.6. The minimum absolute atomic E-state index is 0.0633. The Balaban J connectivity index is 1.24. The van der Waals surface area contributed by atoms with Gasteiger partial charge in [0.1, 0.15) is 12.2 Å². The quantitative estimate of drug-likeness (QED) is 0.0519. The molecule has 2 bridgehead atoms. The van der Waals surface area contributed by atoms with Crippen LogP contribution in [0.5, 0.6) is 0 Å². The van der Waals surface area contributed by atoms with Gasteiger partial charge in [-0.05, 0) is 128 Å². The number of hydroxylamine groups is 1. The number of ether oxygens (including phenoxy) is 3. The highest BCUT2D eigenvalue weighted by atomic mass is 79.9. The van der Waals surface area contributed by atoms with Crippen molar-refractivity contribution < 1.29 is 60.9 Å². The molecule has 2 aromatic rings. The van der Waals surface area contributed by atoms with Crippen molar-refractivity contribution in [1.29, 1.82) is 0 Å². The van der Waals surface area contributed by atoms with Gasteiger partial charge >= 0.3 is 11.8 Å². The summed E-state index contributed by atoms with van der Waals surface area (Å²) in [6, 6.07) is 4.18. The fraction of sp³-hybridized carbons (Fsp3) is 0.560. The summed E-state index contributed by atoms with van der Waals surface area (Å²) in [4.78, 5) is 62.9. The lowest BCUT2D eigenvalue weighted by molar-refractivity contribution is -0.685. The Morgan fingerprint density at radius 2 is 1.59 bits per heavy atom. The summed E-state index contributed by atoms with van der Waals surface area (Å²) in [5.41, 5.74) is 6.46. The number of carbonyl (C=O) groups excluding carboxylic acids is 3. The number of unbranched alkanes of at least 4 members (excludes halogenated alkanes) is 1. The third-order valence-corrected chi connectivity index (χ3v) is 13.7. The molecule has 0 saturated carbocycles. The van der Waals surface area contributed by atoms with E-state index in [-0.39, 0.29) is 49.2 Å². The number of rotatable bonds is 17. The number of allylic oxidation sites excluding steroid dienone is 6. The molecule has 0 fully saturated rings. The van der Waals surface area contributed by atoms with Crippen LogP contribution in [0.2, 0.25) is 0 Å². The standard InChI is InChI=1S/C50H69BrN6O12S/c1-35-31-37(70(63,64)65)33-38-46(35)57-23-14-18-43(58)52-21-11-9-15-40(48(62)55-69-30-29-68-28-27-67-26-25-66-24-12-10-20-45(60)61)53-44(59)19-13-22-56-34-36(51)32-39-47(56)54-41(49(39,2)3)16-7-6-8-17-42(57)50(38,4)5/h6-8,16-17,31-34,40H,9-15,18-30H2,1-5H3,(H4-,52,53,55,58,59,60,61,62,63,64,65)/p+1. The number of benzene rings is 1. The average molecular weight is 1060 g/mol. The van der Waals surface area contributed by atoms with E-state index in [0.29, 0.717) is 103 Å². The van der Waals surface area contributed by atoms with E-state index in [1.165, 1.54) is 12.1 Å². The van der Waals surface area contributed by atoms with Crippen molar-refractivity contribution >= 4 is 67.0 Å². The number of pyridine rings is 1. The highest BCUT2D eigenvalue weighted by molar-refractivity contribution is 9.10. The van der Waals surface area contributed by atoms with E-state index >= 15 is 0 Å². The molecule has 0 aliphatic carbocycles. The Morgan fingerprint density at radius 1 is 0.886 bits per heavy atom. The van der Waals surface area contributed by atoms with Gasteiger partial charge in [0.15, 0.2) is 5.71 Å². The first-order valence-electron chi connectivity index (χ1n) is 24.0. The van der Waals surface area contributed by atoms with Gasteiger partial charge in [0.2, 0.25) is 11.8 Å². The number of carboxylic acid groups (broad SMARTS) is 1. The molecule has 1 aromatic carbocycles. The maximum atomic E-state index is 13.4. The predicted octanol–water partition coefficient (Wildman–Crippen LogP) is 6.15. The Kier molecular flexibility index (Phi) is 21.3. The number of carbonyl (C=O) groups is 4. The summed E-state index contributed by atoms with van der Waals surface area (Å²) in [5, 5.41) is 14.6. The molecule has 4 heterocycles. The molecule has 0 spiro atoms. The van der Waals surface area contributed by atoms with E-state index in [1.807, 2.05) is 61.9 Å². The number of carboxylic acids is 1. The molecule has 3 aliphatic heterocycles. The van der Waals surface area contributed by atoms with Gasteiger partial charge in [0, 0.05) is 55.8 Å². The SMILES string of the molecule is Cc1cc(S(=O)(=O)O)cc2c1N1CCCC(=O)NCCCCC(C(=O)NOCCOCCOCCOCCCCC(=O)O)NC(=O)CCC[n+]3cc(Br)cc4c3N=C(/C=C/C=C/C=C1C2(C)C)C4(C)C. The zero-order chi connectivity index (χ0) is 50.9. The number of aromatic nitrogens is 1. The first-order chi connectivity index (χ1) is 33.3. The second-order valence-electron chi connectivity index (χ2n) is 18.6. The number of anilines is 1. The second kappa shape index (κ2) is 26.6. The number of aryl methyl sites for hydroxylation is 2. The molecule has 20 heteroatoms. The van der Waals surface area contributed by atoms with Gasteiger partial charge in [-0.25, -0.2) is 10.0 Å². The van der Waals surface area contributed by atoms with E-state index in [4.69, 9.17) is 29.1 Å². The number of hydrogen-bond acceptors (Lipinski definition) is 12. The molecule has 1 aromatic heterocycles. The molecule has 70 heavy (non-hydrogen) atoms. The van der Waals surface area contributed by atoms with Crippen molar-refractivity contribution in [3.63, 3.8) is 0 Å². The topological polar surface area (TPSA) is 235 Å². The molecule has 0 radical (unpaired) electrons. The minimum Gasteiger partial charge on any atom is -0.481 e. The van der Waals surface area contributed by atoms with E-state index in [9.17, 15) is 32.1 Å². The molecule has 3 aliphatic rings. The van der Waals surface area contributed by atoms with Gasteiger partial charge in [0.05, 0.1) is 66.5 Å². The number of nitrogens with one attached hydrogen (secondary N) is 3. The highest BCUT2D eigenvalue weighted by Gasteiger charge is 2.43. The second-order valence-corrected chi connectivity index (χ2v) is 20.9. The fourth-order valence-corrected chi connectivity index (χ4v) is 9.73. The molecule has 1 atom stereocenters. The summed E-state index contributed by atoms with van der Waals surface area (Å²) in [5.74, 6) is -0.948. The van der Waals surface area contributed by atoms with Gasteiger partial charge < -0.3 is 34.9 Å². The van der Waals surface area contributed by atoms with Gasteiger partial charge in [0.25, 0.3) is 16.0 Å². The highest BCUT2D eigenvalue weighted by Crippen LogP contribution is 2.50. The molecule has 384 valence electrons. The van der Waals surface area contributed by atoms with Crippen molar-refractivity contribution in [3.8, 4) is 0 Å². The molecule has 5 rings (SSSR count). The van der Waals surface area contributed by atoms with Crippen molar-refractivity contribution in [2.75, 3.05) is 64.2 Å². The normalized spacial score (nSPS) is 19.8. The van der Waals surface area contributed by atoms with Crippen LogP contribution in [-0.2, 0) is 65.7 Å². The van der Waals surface area contributed by atoms with Crippen molar-refractivity contribution in [2.24, 2.45) is 4.99 Å². The van der Waals surface area contributed by atoms with Crippen molar-refractivity contribution in [3.05, 3.63) is 81.6 Å². The van der Waals surface area contributed by atoms with Crippen LogP contribution in [0.1, 0.15) is 109 Å². The monoisotopic (exact) mass is 1060 g/mol. The average Bonchev–Trinajstić information content (AvgIpc) is 3.67. The molecule has 5 N–H and O–H groups in total. The number of fused-ring (bicyclic) bond motifs is 3. The largest absolute Gasteiger partial charge is 0.481 e. The van der Waals surface area contributed by atoms with Gasteiger partial charge in [-0.15, -0.1) is 0 Å². The molecular weight excluding hydrogens is 989 g/mol. The maximum absolute atomic E-state index is 13.4. The minimum atomic E-state index is -4.46. The molecular formula is C50H70BrN6O12S+. The Hall–Kier alpha value is -4.83. The van der Waals surface area contributed by atoms with Gasteiger partial charge in [-0.2, -0.15) is 8.42 Å². The van der Waals surface area contributed by atoms with Gasteiger partial charge in [-0.3, -0.25) is 28.6 Å². The lowest BCUT2D eigenvalue weighted by atomic mass is 9.82. The maximum Gasteiger partial charge on any atom is 0.327 e. The molecule has 3 amide bonds. The van der Waals surface area contributed by atoms with Crippen molar-refractivity contribution in [2.45, 2.75) is 127 Å². The summed E-state index contributed by atoms with van der Waals surface area (Å²) >= 11 is 3.68. The van der Waals surface area contributed by atoms with Crippen LogP contribution in [0.15, 0.2) is 74.8 Å². The number of hydrogen-bond donors (Lipinski definition) is 5. The first kappa shape index (κ1) is 56.1. The van der Waals surface area contributed by atoms with Crippen LogP contribution in [0.25, 0.3) is 0 Å². The predicted molar refractivity (Wildman–Crippen MR) is 267 cm³/mol. The molecule has 1 unspecified atom stereocenters. The smallest absolute Gasteiger partial charge is 0.327 e. The fourth-order valence-electron chi connectivity index (χ4n) is 8.66. The third kappa shape index (κ3) is 16.1. The Bertz CT molecular complexity index is 2420. The van der Waals surface area contributed by atoms with Crippen LogP contribution in [0.4, 0.5) is 11.5 Å². The summed E-state index contributed by atoms with van der Waals surface area (Å²) in [6.07, 6.45) is 15.8. The number of nitrogens with zero attached hydrogens (tertiary/aromatic N) is 3. The van der Waals surface area contributed by atoms with E-state index in [1.54, 1.807) is 0 Å². The molecule has 0 saturated heterocycles. The zero-order valence-corrected chi connectivity index (χ0v) is 43.4. The van der Waals surface area contributed by atoms with E-state index < -0.39 is 38.9 Å². The van der Waals surface area contributed by atoms with E-state index in [2.05, 4.69) is 56.9 Å². The lowest BCUT2D eigenvalue weighted by Crippen LogP contribution is -2.47. The number of amides is 3. The lowest BCUT2D eigenvalue weighted by Gasteiger charge is -2.27. The van der Waals surface area contributed by atoms with E-state index in [0.717, 1.165) is 38.5 Å². The summed E-state index contributed by atoms with van der Waals surface area (Å²) in [7, 11) is -4.46. The van der Waals surface area contributed by atoms with Crippen LogP contribution in [-0.4, -0.2) is 113 Å². The zero-order valence-electron chi connectivity index (χ0n) is 41.0. The number of aliphatic imine (C=N–C) groups is 1. The third-order valence-electron chi connectivity index (χ3n) is 12.4. The van der Waals surface area contributed by atoms with Crippen LogP contribution in [0.3, 0.4) is 0 Å². The molecule has 18 nitrogen and oxygen atoms in total. The van der Waals surface area contributed by atoms with Gasteiger partial charge in [-0.1, -0.05) is 32.1 Å². The Morgan fingerprint density at radius 3 is 2.30 bits per heavy atom.